The first-order valence-electron chi connectivity index (χ1n) is 6.02. The summed E-state index contributed by atoms with van der Waals surface area (Å²) in [5, 5.41) is 0. The largest absolute Gasteiger partial charge is 0.365 e. The second kappa shape index (κ2) is 7.45. The van der Waals surface area contributed by atoms with Gasteiger partial charge >= 0.3 is 0 Å². The van der Waals surface area contributed by atoms with Crippen LogP contribution in [0.2, 0.25) is 0 Å². The molecule has 0 fully saturated rings. The molecule has 4 heteroatoms. The standard InChI is InChI=1S/C13H20O3S/c1-2-3-4-8-11-16-12-17(14,15)13-9-6-5-7-10-13/h5-7,9-10H,2-4,8,11-12H2,1H3. The van der Waals surface area contributed by atoms with E-state index in [1.165, 1.54) is 12.8 Å². The van der Waals surface area contributed by atoms with Crippen LogP contribution in [0.25, 0.3) is 0 Å². The fraction of sp³-hybridized carbons (Fsp3) is 0.538. The van der Waals surface area contributed by atoms with Gasteiger partial charge in [0, 0.05) is 6.61 Å². The van der Waals surface area contributed by atoms with Gasteiger partial charge in [0.1, 0.15) is 0 Å². The molecule has 0 aliphatic rings. The van der Waals surface area contributed by atoms with Crippen molar-refractivity contribution in [3.63, 3.8) is 0 Å². The van der Waals surface area contributed by atoms with Crippen LogP contribution in [-0.2, 0) is 14.6 Å². The quantitative estimate of drug-likeness (QED) is 0.671. The Kier molecular flexibility index (Phi) is 6.22. The molecular weight excluding hydrogens is 236 g/mol. The van der Waals surface area contributed by atoms with Crippen LogP contribution in [0, 0.1) is 0 Å². The van der Waals surface area contributed by atoms with Crippen LogP contribution in [0.5, 0.6) is 0 Å². The minimum Gasteiger partial charge on any atom is -0.365 e. The fourth-order valence-corrected chi connectivity index (χ4v) is 2.54. The van der Waals surface area contributed by atoms with E-state index in [4.69, 9.17) is 4.74 Å². The van der Waals surface area contributed by atoms with Crippen LogP contribution in [0.3, 0.4) is 0 Å². The topological polar surface area (TPSA) is 43.4 Å². The minimum atomic E-state index is -3.28. The van der Waals surface area contributed by atoms with Crippen molar-refractivity contribution in [3.05, 3.63) is 30.3 Å². The Balaban J connectivity index is 2.31. The number of hydrogen-bond acceptors (Lipinski definition) is 3. The monoisotopic (exact) mass is 256 g/mol. The maximum Gasteiger partial charge on any atom is 0.202 e. The summed E-state index contributed by atoms with van der Waals surface area (Å²) in [7, 11) is -3.28. The molecule has 0 unspecified atom stereocenters. The van der Waals surface area contributed by atoms with E-state index in [0.717, 1.165) is 12.8 Å². The van der Waals surface area contributed by atoms with Gasteiger partial charge in [-0.15, -0.1) is 0 Å². The van der Waals surface area contributed by atoms with Gasteiger partial charge in [0.15, 0.2) is 5.94 Å². The first-order valence-corrected chi connectivity index (χ1v) is 7.67. The molecule has 1 aromatic rings. The third-order valence-corrected chi connectivity index (χ3v) is 3.95. The van der Waals surface area contributed by atoms with Crippen LogP contribution in [0.15, 0.2) is 35.2 Å². The lowest BCUT2D eigenvalue weighted by Gasteiger charge is -2.05. The lowest BCUT2D eigenvalue weighted by molar-refractivity contribution is 0.171. The van der Waals surface area contributed by atoms with Crippen molar-refractivity contribution in [1.82, 2.24) is 0 Å². The van der Waals surface area contributed by atoms with Crippen molar-refractivity contribution in [1.29, 1.82) is 0 Å². The van der Waals surface area contributed by atoms with Crippen LogP contribution in [0.1, 0.15) is 32.6 Å². The average Bonchev–Trinajstić information content (AvgIpc) is 2.35. The van der Waals surface area contributed by atoms with Gasteiger partial charge in [-0.25, -0.2) is 8.42 Å². The Bertz CT molecular complexity index is 398. The summed E-state index contributed by atoms with van der Waals surface area (Å²) in [6.07, 6.45) is 4.37. The molecule has 0 aliphatic heterocycles. The van der Waals surface area contributed by atoms with Gasteiger partial charge in [-0.3, -0.25) is 0 Å². The second-order valence-corrected chi connectivity index (χ2v) is 5.95. The van der Waals surface area contributed by atoms with Crippen molar-refractivity contribution in [2.45, 2.75) is 37.5 Å². The molecule has 0 atom stereocenters. The van der Waals surface area contributed by atoms with Crippen LogP contribution < -0.4 is 0 Å². The van der Waals surface area contributed by atoms with E-state index >= 15 is 0 Å². The first-order chi connectivity index (χ1) is 8.17. The molecule has 0 aromatic heterocycles. The number of rotatable bonds is 8. The van der Waals surface area contributed by atoms with Gasteiger partial charge in [-0.05, 0) is 18.6 Å². The lowest BCUT2D eigenvalue weighted by atomic mass is 10.2. The van der Waals surface area contributed by atoms with Gasteiger partial charge in [0.25, 0.3) is 0 Å². The molecule has 0 bridgehead atoms. The molecule has 0 saturated heterocycles. The molecule has 0 amide bonds. The van der Waals surface area contributed by atoms with E-state index in [2.05, 4.69) is 6.92 Å². The van der Waals surface area contributed by atoms with E-state index in [-0.39, 0.29) is 5.94 Å². The average molecular weight is 256 g/mol. The van der Waals surface area contributed by atoms with Crippen molar-refractivity contribution in [3.8, 4) is 0 Å². The summed E-state index contributed by atoms with van der Waals surface area (Å²) in [6.45, 7) is 2.66. The number of ether oxygens (including phenoxy) is 1. The fourth-order valence-electron chi connectivity index (χ4n) is 1.50. The van der Waals surface area contributed by atoms with E-state index in [0.29, 0.717) is 11.5 Å². The summed E-state index contributed by atoms with van der Waals surface area (Å²) in [6, 6.07) is 8.42. The predicted octanol–water partition coefficient (Wildman–Crippen LogP) is 3.01. The van der Waals surface area contributed by atoms with Crippen molar-refractivity contribution < 1.29 is 13.2 Å². The molecular formula is C13H20O3S. The van der Waals surface area contributed by atoms with Crippen LogP contribution >= 0.6 is 0 Å². The third-order valence-electron chi connectivity index (χ3n) is 2.48. The first kappa shape index (κ1) is 14.2. The Morgan fingerprint density at radius 2 is 1.76 bits per heavy atom. The molecule has 0 saturated carbocycles. The normalized spacial score (nSPS) is 11.6. The second-order valence-electron chi connectivity index (χ2n) is 4.01. The van der Waals surface area contributed by atoms with Gasteiger partial charge in [-0.2, -0.15) is 0 Å². The van der Waals surface area contributed by atoms with Crippen LogP contribution in [0.4, 0.5) is 0 Å². The summed E-state index contributed by atoms with van der Waals surface area (Å²) < 4.78 is 28.8. The zero-order valence-corrected chi connectivity index (χ0v) is 11.1. The maximum atomic E-state index is 11.8. The minimum absolute atomic E-state index is 0.219. The van der Waals surface area contributed by atoms with E-state index in [9.17, 15) is 8.42 Å². The Hall–Kier alpha value is -0.870. The number of unbranched alkanes of at least 4 members (excludes halogenated alkanes) is 3. The maximum absolute atomic E-state index is 11.8. The molecule has 0 heterocycles. The highest BCUT2D eigenvalue weighted by Crippen LogP contribution is 2.10. The van der Waals surface area contributed by atoms with E-state index in [1.54, 1.807) is 30.3 Å². The van der Waals surface area contributed by atoms with Gasteiger partial charge in [-0.1, -0.05) is 44.4 Å². The summed E-state index contributed by atoms with van der Waals surface area (Å²) in [5.41, 5.74) is 0. The smallest absolute Gasteiger partial charge is 0.202 e. The van der Waals surface area contributed by atoms with Gasteiger partial charge in [0.2, 0.25) is 9.84 Å². The van der Waals surface area contributed by atoms with Crippen molar-refractivity contribution >= 4 is 9.84 Å². The summed E-state index contributed by atoms with van der Waals surface area (Å²) in [5.74, 6) is -0.219. The van der Waals surface area contributed by atoms with Gasteiger partial charge < -0.3 is 4.74 Å². The lowest BCUT2D eigenvalue weighted by Crippen LogP contribution is -2.10. The van der Waals surface area contributed by atoms with E-state index < -0.39 is 9.84 Å². The molecule has 0 N–H and O–H groups in total. The molecule has 1 aromatic carbocycles. The molecule has 3 nitrogen and oxygen atoms in total. The van der Waals surface area contributed by atoms with Crippen molar-refractivity contribution in [2.24, 2.45) is 0 Å². The Morgan fingerprint density at radius 1 is 1.06 bits per heavy atom. The van der Waals surface area contributed by atoms with E-state index in [1.807, 2.05) is 0 Å². The third kappa shape index (κ3) is 5.33. The molecule has 0 aliphatic carbocycles. The molecule has 96 valence electrons. The molecule has 0 radical (unpaired) electrons. The highest BCUT2D eigenvalue weighted by molar-refractivity contribution is 7.91. The highest BCUT2D eigenvalue weighted by atomic mass is 32.2. The number of sulfone groups is 1. The Morgan fingerprint density at radius 3 is 2.41 bits per heavy atom. The molecule has 17 heavy (non-hydrogen) atoms. The highest BCUT2D eigenvalue weighted by Gasteiger charge is 2.13. The van der Waals surface area contributed by atoms with Gasteiger partial charge in [0.05, 0.1) is 4.90 Å². The molecule has 0 spiro atoms. The summed E-state index contributed by atoms with van der Waals surface area (Å²) >= 11 is 0. The Labute approximate surface area is 104 Å². The zero-order valence-electron chi connectivity index (χ0n) is 10.3. The molecule has 1 rings (SSSR count). The van der Waals surface area contributed by atoms with Crippen molar-refractivity contribution in [2.75, 3.05) is 12.5 Å². The van der Waals surface area contributed by atoms with Crippen LogP contribution in [-0.4, -0.2) is 21.0 Å². The SMILES string of the molecule is CCCCCCOCS(=O)(=O)c1ccccc1. The summed E-state index contributed by atoms with van der Waals surface area (Å²) in [4.78, 5) is 0.327. The number of benzene rings is 1. The predicted molar refractivity (Wildman–Crippen MR) is 68.6 cm³/mol. The number of hydrogen-bond donors (Lipinski definition) is 0. The zero-order chi connectivity index (χ0) is 12.6.